The van der Waals surface area contributed by atoms with Crippen molar-refractivity contribution < 1.29 is 89.4 Å². The number of hydrogen-bond acceptors (Lipinski definition) is 18. The number of hydrogen-bond donors (Lipinski definition) is 12. The number of carbonyl (C=O) groups is 1. The summed E-state index contributed by atoms with van der Waals surface area (Å²) < 4.78 is 34.3. The molecule has 0 spiro atoms. The third-order valence-electron chi connectivity index (χ3n) is 17.8. The second kappa shape index (κ2) is 50.1. The summed E-state index contributed by atoms with van der Waals surface area (Å²) in [6.45, 7) is 1.77. The second-order valence-electron chi connectivity index (χ2n) is 25.4. The minimum Gasteiger partial charge on any atom is -0.394 e. The van der Waals surface area contributed by atoms with E-state index in [9.17, 15) is 61.0 Å². The molecule has 3 saturated heterocycles. The zero-order valence-electron chi connectivity index (χ0n) is 53.6. The van der Waals surface area contributed by atoms with Crippen LogP contribution in [0.1, 0.15) is 277 Å². The quantitative estimate of drug-likeness (QED) is 0.0200. The molecule has 86 heavy (non-hydrogen) atoms. The van der Waals surface area contributed by atoms with Gasteiger partial charge in [0.05, 0.1) is 38.6 Å². The predicted octanol–water partition coefficient (Wildman–Crippen LogP) is 8.89. The SMILES string of the molecule is CCCCCCCCCCCCCCCC/C=C/C(O)C(COC1OC(CO)C(OC2OC(CO)C(OC3OC(CO)C(O)C(O)C3O)C(O)C2O)C(O)C1O)NC(=O)CCCCCCCCCCCCCCCCCCCCCCCCCCC. The van der Waals surface area contributed by atoms with Crippen molar-refractivity contribution in [2.75, 3.05) is 26.4 Å². The molecule has 0 aromatic carbocycles. The van der Waals surface area contributed by atoms with Gasteiger partial charge in [0.15, 0.2) is 18.9 Å². The summed E-state index contributed by atoms with van der Waals surface area (Å²) in [6, 6.07) is -0.968. The molecule has 0 aromatic rings. The highest BCUT2D eigenvalue weighted by molar-refractivity contribution is 5.76. The Bertz CT molecular complexity index is 1620. The van der Waals surface area contributed by atoms with Crippen molar-refractivity contribution >= 4 is 5.91 Å². The highest BCUT2D eigenvalue weighted by Gasteiger charge is 2.53. The second-order valence-corrected chi connectivity index (χ2v) is 25.4. The molecule has 17 unspecified atom stereocenters. The molecule has 17 atom stereocenters. The lowest BCUT2D eigenvalue weighted by atomic mass is 9.96. The molecule has 3 aliphatic rings. The van der Waals surface area contributed by atoms with Gasteiger partial charge in [0, 0.05) is 6.42 Å². The molecule has 19 heteroatoms. The first-order valence-electron chi connectivity index (χ1n) is 34.9. The largest absolute Gasteiger partial charge is 0.394 e. The van der Waals surface area contributed by atoms with E-state index in [0.29, 0.717) is 6.42 Å². The Morgan fingerprint density at radius 1 is 0.407 bits per heavy atom. The van der Waals surface area contributed by atoms with E-state index < -0.39 is 124 Å². The minimum absolute atomic E-state index is 0.250. The summed E-state index contributed by atoms with van der Waals surface area (Å²) in [5.41, 5.74) is 0. The number of aliphatic hydroxyl groups is 11. The van der Waals surface area contributed by atoms with Gasteiger partial charge in [-0.05, 0) is 19.3 Å². The van der Waals surface area contributed by atoms with Gasteiger partial charge in [-0.25, -0.2) is 0 Å². The normalized spacial score (nSPS) is 28.8. The summed E-state index contributed by atoms with van der Waals surface area (Å²) in [4.78, 5) is 13.4. The number of nitrogens with one attached hydrogen (secondary N) is 1. The number of allylic oxidation sites excluding steroid dienone is 1. The first-order chi connectivity index (χ1) is 41.8. The lowest BCUT2D eigenvalue weighted by Crippen LogP contribution is -2.66. The Morgan fingerprint density at radius 2 is 0.721 bits per heavy atom. The standard InChI is InChI=1S/C67H127NO18/c1-3-5-7-9-11-13-15-17-19-21-22-23-24-25-26-27-28-29-31-33-35-37-39-41-43-45-55(73)68-50(51(72)44-42-40-38-36-34-32-30-20-18-16-14-12-10-8-6-4-2)49-81-65-61(79)58(76)63(53(47-70)83-65)86-67-62(80)59(77)64(54(48-71)84-67)85-66-60(78)57(75)56(74)52(46-69)82-66/h42,44,50-54,56-67,69-72,74-80H,3-41,43,45-49H2,1-2H3,(H,68,73)/b44-42+. The van der Waals surface area contributed by atoms with Crippen LogP contribution in [0.2, 0.25) is 0 Å². The number of unbranched alkanes of at least 4 members (excludes halogenated alkanes) is 38. The number of ether oxygens (including phenoxy) is 6. The Balaban J connectivity index is 1.42. The molecular weight excluding hydrogens is 1110 g/mol. The van der Waals surface area contributed by atoms with E-state index in [1.165, 1.54) is 205 Å². The average Bonchev–Trinajstić information content (AvgIpc) is 2.21. The monoisotopic (exact) mass is 1230 g/mol. The van der Waals surface area contributed by atoms with Crippen molar-refractivity contribution in [2.24, 2.45) is 0 Å². The maximum atomic E-state index is 13.4. The van der Waals surface area contributed by atoms with E-state index in [4.69, 9.17) is 28.4 Å². The molecule has 0 aromatic heterocycles. The van der Waals surface area contributed by atoms with Crippen molar-refractivity contribution in [3.63, 3.8) is 0 Å². The molecule has 0 bridgehead atoms. The van der Waals surface area contributed by atoms with Gasteiger partial charge in [-0.2, -0.15) is 0 Å². The van der Waals surface area contributed by atoms with Crippen LogP contribution in [-0.4, -0.2) is 193 Å². The maximum Gasteiger partial charge on any atom is 0.220 e. The molecule has 3 aliphatic heterocycles. The Labute approximate surface area is 518 Å². The summed E-state index contributed by atoms with van der Waals surface area (Å²) in [7, 11) is 0. The van der Waals surface area contributed by atoms with Crippen molar-refractivity contribution in [2.45, 2.75) is 381 Å². The zero-order chi connectivity index (χ0) is 62.6. The fourth-order valence-electron chi connectivity index (χ4n) is 12.1. The first-order valence-corrected chi connectivity index (χ1v) is 34.9. The van der Waals surface area contributed by atoms with Crippen molar-refractivity contribution in [1.82, 2.24) is 5.32 Å². The molecule has 12 N–H and O–H groups in total. The van der Waals surface area contributed by atoms with Crippen LogP contribution in [-0.2, 0) is 33.2 Å². The Kier molecular flexibility index (Phi) is 45.9. The van der Waals surface area contributed by atoms with Gasteiger partial charge in [-0.3, -0.25) is 4.79 Å². The van der Waals surface area contributed by atoms with E-state index in [-0.39, 0.29) is 18.9 Å². The molecular formula is C67H127NO18. The van der Waals surface area contributed by atoms with Crippen LogP contribution in [0.5, 0.6) is 0 Å². The van der Waals surface area contributed by atoms with E-state index >= 15 is 0 Å². The van der Waals surface area contributed by atoms with Crippen LogP contribution in [0.3, 0.4) is 0 Å². The third-order valence-corrected chi connectivity index (χ3v) is 17.8. The number of carbonyl (C=O) groups excluding carboxylic acids is 1. The van der Waals surface area contributed by atoms with E-state index in [1.54, 1.807) is 6.08 Å². The Hall–Kier alpha value is -1.47. The van der Waals surface area contributed by atoms with Crippen LogP contribution >= 0.6 is 0 Å². The minimum atomic E-state index is -1.98. The van der Waals surface area contributed by atoms with Gasteiger partial charge in [0.25, 0.3) is 0 Å². The van der Waals surface area contributed by atoms with Crippen LogP contribution in [0.4, 0.5) is 0 Å². The number of rotatable bonds is 54. The van der Waals surface area contributed by atoms with Crippen molar-refractivity contribution in [1.29, 1.82) is 0 Å². The fraction of sp³-hybridized carbons (Fsp3) is 0.955. The molecule has 19 nitrogen and oxygen atoms in total. The van der Waals surface area contributed by atoms with Crippen molar-refractivity contribution in [3.8, 4) is 0 Å². The van der Waals surface area contributed by atoms with Crippen LogP contribution < -0.4 is 5.32 Å². The van der Waals surface area contributed by atoms with Gasteiger partial charge in [0.1, 0.15) is 73.2 Å². The highest BCUT2D eigenvalue weighted by Crippen LogP contribution is 2.33. The number of aliphatic hydroxyl groups excluding tert-OH is 11. The molecule has 0 radical (unpaired) electrons. The molecule has 1 amide bonds. The fourth-order valence-corrected chi connectivity index (χ4v) is 12.1. The lowest BCUT2D eigenvalue weighted by molar-refractivity contribution is -0.379. The van der Waals surface area contributed by atoms with Crippen molar-refractivity contribution in [3.05, 3.63) is 12.2 Å². The van der Waals surface area contributed by atoms with Gasteiger partial charge < -0.3 is 89.9 Å². The van der Waals surface area contributed by atoms with E-state index in [1.807, 2.05) is 6.08 Å². The summed E-state index contributed by atoms with van der Waals surface area (Å²) in [5.74, 6) is -0.269. The van der Waals surface area contributed by atoms with Gasteiger partial charge in [-0.1, -0.05) is 264 Å². The van der Waals surface area contributed by atoms with E-state index in [2.05, 4.69) is 19.2 Å². The van der Waals surface area contributed by atoms with Crippen LogP contribution in [0, 0.1) is 0 Å². The molecule has 0 aliphatic carbocycles. The van der Waals surface area contributed by atoms with Crippen LogP contribution in [0.25, 0.3) is 0 Å². The molecule has 3 rings (SSSR count). The Morgan fingerprint density at radius 3 is 1.09 bits per heavy atom. The third kappa shape index (κ3) is 32.2. The highest BCUT2D eigenvalue weighted by atomic mass is 16.8. The van der Waals surface area contributed by atoms with Gasteiger partial charge in [0.2, 0.25) is 5.91 Å². The topological polar surface area (TPSA) is 307 Å². The molecule has 508 valence electrons. The smallest absolute Gasteiger partial charge is 0.220 e. The molecule has 0 saturated carbocycles. The zero-order valence-corrected chi connectivity index (χ0v) is 53.6. The molecule has 3 fully saturated rings. The van der Waals surface area contributed by atoms with Gasteiger partial charge >= 0.3 is 0 Å². The summed E-state index contributed by atoms with van der Waals surface area (Å²) in [6.07, 6.45) is 27.6. The first kappa shape index (κ1) is 78.8. The van der Waals surface area contributed by atoms with Crippen LogP contribution in [0.15, 0.2) is 12.2 Å². The van der Waals surface area contributed by atoms with Gasteiger partial charge in [-0.15, -0.1) is 0 Å². The predicted molar refractivity (Wildman–Crippen MR) is 333 cm³/mol. The lowest BCUT2D eigenvalue weighted by Gasteiger charge is -2.48. The summed E-state index contributed by atoms with van der Waals surface area (Å²) in [5, 5.41) is 120. The van der Waals surface area contributed by atoms with E-state index in [0.717, 1.165) is 44.9 Å². The average molecular weight is 1230 g/mol. The number of amides is 1. The maximum absolute atomic E-state index is 13.4. The summed E-state index contributed by atoms with van der Waals surface area (Å²) >= 11 is 0. The molecule has 3 heterocycles.